The van der Waals surface area contributed by atoms with E-state index < -0.39 is 0 Å². The van der Waals surface area contributed by atoms with Gasteiger partial charge in [0.05, 0.1) is 0 Å². The summed E-state index contributed by atoms with van der Waals surface area (Å²) in [7, 11) is 1.69. The lowest BCUT2D eigenvalue weighted by atomic mass is 10.1. The lowest BCUT2D eigenvalue weighted by molar-refractivity contribution is -0.118. The van der Waals surface area contributed by atoms with E-state index in [0.29, 0.717) is 18.1 Å². The topological polar surface area (TPSA) is 76.0 Å². The normalized spacial score (nSPS) is 10.6. The van der Waals surface area contributed by atoms with Gasteiger partial charge in [-0.2, -0.15) is 5.10 Å². The summed E-state index contributed by atoms with van der Waals surface area (Å²) < 4.78 is 1.49. The molecule has 2 aromatic rings. The predicted molar refractivity (Wildman–Crippen MR) is 89.2 cm³/mol. The molecule has 0 atom stereocenters. The highest BCUT2D eigenvalue weighted by Gasteiger charge is 2.15. The van der Waals surface area contributed by atoms with Crippen LogP contribution in [0, 0.1) is 5.92 Å². The van der Waals surface area contributed by atoms with Gasteiger partial charge in [0.1, 0.15) is 5.82 Å². The molecule has 1 heterocycles. The summed E-state index contributed by atoms with van der Waals surface area (Å²) in [5.74, 6) is 0.0237. The molecule has 1 aromatic heterocycles. The van der Waals surface area contributed by atoms with Crippen molar-refractivity contribution in [3.05, 3.63) is 47.7 Å². The Balaban J connectivity index is 1.91. The molecule has 2 N–H and O–H groups in total. The lowest BCUT2D eigenvalue weighted by Gasteiger charge is -2.06. The molecule has 2 amide bonds. The van der Waals surface area contributed by atoms with Gasteiger partial charge < -0.3 is 10.6 Å². The smallest absolute Gasteiger partial charge is 0.271 e. The number of aryl methyl sites for hydroxylation is 1. The van der Waals surface area contributed by atoms with Crippen LogP contribution in [0.2, 0.25) is 0 Å². The maximum absolute atomic E-state index is 12.1. The first-order chi connectivity index (χ1) is 11.0. The maximum Gasteiger partial charge on any atom is 0.271 e. The highest BCUT2D eigenvalue weighted by Crippen LogP contribution is 2.10. The molecular weight excluding hydrogens is 292 g/mol. The van der Waals surface area contributed by atoms with Crippen molar-refractivity contribution in [2.75, 3.05) is 11.9 Å². The van der Waals surface area contributed by atoms with Crippen molar-refractivity contribution in [2.45, 2.75) is 20.3 Å². The minimum absolute atomic E-state index is 0.107. The van der Waals surface area contributed by atoms with Gasteiger partial charge in [0.25, 0.3) is 5.91 Å². The van der Waals surface area contributed by atoms with E-state index in [-0.39, 0.29) is 17.7 Å². The summed E-state index contributed by atoms with van der Waals surface area (Å²) in [6.07, 6.45) is 0.760. The fourth-order valence-corrected chi connectivity index (χ4v) is 2.02. The summed E-state index contributed by atoms with van der Waals surface area (Å²) in [5, 5.41) is 9.72. The van der Waals surface area contributed by atoms with E-state index in [2.05, 4.69) is 15.7 Å². The molecule has 122 valence electrons. The molecule has 0 spiro atoms. The number of carbonyl (C=O) groups excluding carboxylic acids is 2. The number of amides is 2. The number of hydrogen-bond donors (Lipinski definition) is 2. The highest BCUT2D eigenvalue weighted by atomic mass is 16.2. The number of benzene rings is 1. The van der Waals surface area contributed by atoms with Crippen LogP contribution in [0.4, 0.5) is 5.82 Å². The van der Waals surface area contributed by atoms with Crippen molar-refractivity contribution < 1.29 is 9.59 Å². The summed E-state index contributed by atoms with van der Waals surface area (Å²) in [6.45, 7) is 4.15. The Morgan fingerprint density at radius 1 is 1.22 bits per heavy atom. The van der Waals surface area contributed by atoms with Gasteiger partial charge in [-0.1, -0.05) is 44.2 Å². The molecular formula is C17H22N4O2. The first-order valence-corrected chi connectivity index (χ1v) is 7.64. The molecule has 2 rings (SSSR count). The summed E-state index contributed by atoms with van der Waals surface area (Å²) in [5.41, 5.74) is 1.46. The minimum Gasteiger partial charge on any atom is -0.350 e. The number of aromatic nitrogens is 2. The zero-order valence-corrected chi connectivity index (χ0v) is 13.7. The van der Waals surface area contributed by atoms with E-state index in [0.717, 1.165) is 6.42 Å². The zero-order chi connectivity index (χ0) is 16.8. The molecule has 6 nitrogen and oxygen atoms in total. The fraction of sp³-hybridized carbons (Fsp3) is 0.353. The number of rotatable bonds is 6. The van der Waals surface area contributed by atoms with Crippen molar-refractivity contribution in [3.8, 4) is 0 Å². The van der Waals surface area contributed by atoms with Crippen LogP contribution in [0.5, 0.6) is 0 Å². The molecule has 0 bridgehead atoms. The standard InChI is InChI=1S/C17H22N4O2/c1-12(2)16(22)19-15-11-14(20-21(15)3)17(23)18-10-9-13-7-5-4-6-8-13/h4-8,11-12H,9-10H2,1-3H3,(H,18,23)(H,19,22). The molecule has 0 aliphatic carbocycles. The molecule has 0 radical (unpaired) electrons. The Hall–Kier alpha value is -2.63. The number of nitrogens with one attached hydrogen (secondary N) is 2. The van der Waals surface area contributed by atoms with E-state index in [9.17, 15) is 9.59 Å². The summed E-state index contributed by atoms with van der Waals surface area (Å²) in [6, 6.07) is 11.5. The van der Waals surface area contributed by atoms with Gasteiger partial charge in [0.2, 0.25) is 5.91 Å². The third-order valence-electron chi connectivity index (χ3n) is 3.43. The van der Waals surface area contributed by atoms with Gasteiger partial charge in [-0.25, -0.2) is 0 Å². The van der Waals surface area contributed by atoms with Crippen LogP contribution in [0.1, 0.15) is 29.9 Å². The van der Waals surface area contributed by atoms with Gasteiger partial charge in [-0.3, -0.25) is 14.3 Å². The summed E-state index contributed by atoms with van der Waals surface area (Å²) >= 11 is 0. The van der Waals surface area contributed by atoms with Crippen molar-refractivity contribution >= 4 is 17.6 Å². The molecule has 0 unspecified atom stereocenters. The molecule has 0 aliphatic heterocycles. The molecule has 6 heteroatoms. The SMILES string of the molecule is CC(C)C(=O)Nc1cc(C(=O)NCCc2ccccc2)nn1C. The predicted octanol–water partition coefficient (Wildman–Crippen LogP) is 1.99. The largest absolute Gasteiger partial charge is 0.350 e. The van der Waals surface area contributed by atoms with Crippen LogP contribution in [0.25, 0.3) is 0 Å². The van der Waals surface area contributed by atoms with Crippen LogP contribution in [-0.2, 0) is 18.3 Å². The van der Waals surface area contributed by atoms with E-state index in [4.69, 9.17) is 0 Å². The first-order valence-electron chi connectivity index (χ1n) is 7.64. The number of nitrogens with zero attached hydrogens (tertiary/aromatic N) is 2. The summed E-state index contributed by atoms with van der Waals surface area (Å²) in [4.78, 5) is 23.8. The second kappa shape index (κ2) is 7.58. The molecule has 0 aliphatic rings. The Morgan fingerprint density at radius 2 is 1.91 bits per heavy atom. The van der Waals surface area contributed by atoms with Gasteiger partial charge in [-0.05, 0) is 12.0 Å². The second-order valence-corrected chi connectivity index (χ2v) is 5.67. The van der Waals surface area contributed by atoms with E-state index in [1.165, 1.54) is 10.2 Å². The lowest BCUT2D eigenvalue weighted by Crippen LogP contribution is -2.26. The van der Waals surface area contributed by atoms with Gasteiger partial charge in [0.15, 0.2) is 5.69 Å². The molecule has 1 aromatic carbocycles. The zero-order valence-electron chi connectivity index (χ0n) is 13.7. The van der Waals surface area contributed by atoms with Crippen LogP contribution >= 0.6 is 0 Å². The third kappa shape index (κ3) is 4.67. The van der Waals surface area contributed by atoms with Crippen molar-refractivity contribution in [1.82, 2.24) is 15.1 Å². The van der Waals surface area contributed by atoms with Crippen LogP contribution < -0.4 is 10.6 Å². The minimum atomic E-state index is -0.249. The molecule has 0 fully saturated rings. The monoisotopic (exact) mass is 314 g/mol. The number of anilines is 1. The van der Waals surface area contributed by atoms with E-state index >= 15 is 0 Å². The highest BCUT2D eigenvalue weighted by molar-refractivity contribution is 5.95. The number of carbonyl (C=O) groups is 2. The average molecular weight is 314 g/mol. The second-order valence-electron chi connectivity index (χ2n) is 5.67. The van der Waals surface area contributed by atoms with Gasteiger partial charge in [0, 0.05) is 25.6 Å². The molecule has 0 saturated heterocycles. The Morgan fingerprint density at radius 3 is 2.57 bits per heavy atom. The Kier molecular flexibility index (Phi) is 5.51. The van der Waals surface area contributed by atoms with Crippen molar-refractivity contribution in [3.63, 3.8) is 0 Å². The fourth-order valence-electron chi connectivity index (χ4n) is 2.02. The molecule has 23 heavy (non-hydrogen) atoms. The maximum atomic E-state index is 12.1. The van der Waals surface area contributed by atoms with Crippen LogP contribution in [-0.4, -0.2) is 28.1 Å². The Bertz CT molecular complexity index is 677. The molecule has 0 saturated carbocycles. The number of hydrogen-bond acceptors (Lipinski definition) is 3. The van der Waals surface area contributed by atoms with Crippen molar-refractivity contribution in [2.24, 2.45) is 13.0 Å². The van der Waals surface area contributed by atoms with Crippen LogP contribution in [0.3, 0.4) is 0 Å². The first kappa shape index (κ1) is 16.7. The van der Waals surface area contributed by atoms with Crippen LogP contribution in [0.15, 0.2) is 36.4 Å². The van der Waals surface area contributed by atoms with Gasteiger partial charge >= 0.3 is 0 Å². The van der Waals surface area contributed by atoms with E-state index in [1.807, 2.05) is 44.2 Å². The van der Waals surface area contributed by atoms with Gasteiger partial charge in [-0.15, -0.1) is 0 Å². The average Bonchev–Trinajstić information content (AvgIpc) is 2.89. The quantitative estimate of drug-likeness (QED) is 0.856. The third-order valence-corrected chi connectivity index (χ3v) is 3.43. The Labute approximate surface area is 135 Å². The van der Waals surface area contributed by atoms with E-state index in [1.54, 1.807) is 13.1 Å². The van der Waals surface area contributed by atoms with Crippen molar-refractivity contribution in [1.29, 1.82) is 0 Å².